The molecule has 140 valence electrons. The van der Waals surface area contributed by atoms with Crippen LogP contribution in [0.1, 0.15) is 6.42 Å². The van der Waals surface area contributed by atoms with Crippen LogP contribution in [-0.2, 0) is 9.59 Å². The van der Waals surface area contributed by atoms with Crippen molar-refractivity contribution in [2.75, 3.05) is 18.5 Å². The summed E-state index contributed by atoms with van der Waals surface area (Å²) < 4.78 is 13.7. The molecule has 2 aromatic carbocycles. The summed E-state index contributed by atoms with van der Waals surface area (Å²) >= 11 is 1.17. The maximum Gasteiger partial charge on any atom is 0.242 e. The van der Waals surface area contributed by atoms with E-state index in [1.54, 1.807) is 18.2 Å². The number of carbonyl (C=O) groups excluding carboxylic acids is 2. The van der Waals surface area contributed by atoms with Gasteiger partial charge >= 0.3 is 0 Å². The third-order valence-corrected chi connectivity index (χ3v) is 5.02. The molecule has 1 heterocycles. The van der Waals surface area contributed by atoms with Crippen molar-refractivity contribution in [3.8, 4) is 0 Å². The average Bonchev–Trinajstić information content (AvgIpc) is 2.93. The second-order valence-electron chi connectivity index (χ2n) is 5.78. The number of nitrogens with zero attached hydrogens (tertiary/aromatic N) is 2. The van der Waals surface area contributed by atoms with Crippen LogP contribution in [0.15, 0.2) is 59.6 Å². The number of aliphatic imine (C=N–C) groups is 1. The minimum Gasteiger partial charge on any atom is -0.395 e. The molecule has 1 aliphatic heterocycles. The van der Waals surface area contributed by atoms with Crippen molar-refractivity contribution in [3.63, 3.8) is 0 Å². The van der Waals surface area contributed by atoms with E-state index in [1.807, 2.05) is 18.2 Å². The van der Waals surface area contributed by atoms with Crippen molar-refractivity contribution in [1.82, 2.24) is 4.90 Å². The molecular formula is C19H18FN3O3S. The van der Waals surface area contributed by atoms with Crippen LogP contribution in [0.2, 0.25) is 0 Å². The first-order valence-electron chi connectivity index (χ1n) is 8.35. The highest BCUT2D eigenvalue weighted by Gasteiger charge is 2.38. The fraction of sp³-hybridized carbons (Fsp3) is 0.211. The highest BCUT2D eigenvalue weighted by atomic mass is 32.2. The number of nitrogens with one attached hydrogen (secondary N) is 1. The average molecular weight is 387 g/mol. The second-order valence-corrected chi connectivity index (χ2v) is 6.95. The number of carbonyl (C=O) groups is 2. The summed E-state index contributed by atoms with van der Waals surface area (Å²) in [4.78, 5) is 30.7. The Morgan fingerprint density at radius 3 is 2.59 bits per heavy atom. The van der Waals surface area contributed by atoms with Gasteiger partial charge < -0.3 is 10.4 Å². The van der Waals surface area contributed by atoms with Gasteiger partial charge in [-0.05, 0) is 24.3 Å². The molecule has 1 aliphatic rings. The first-order valence-corrected chi connectivity index (χ1v) is 9.23. The smallest absolute Gasteiger partial charge is 0.242 e. The second kappa shape index (κ2) is 8.79. The standard InChI is InChI=1S/C19H18FN3O3S/c20-14-8-4-5-9-15(14)22-17(25)12-16-18(26)23(10-11-24)19(27-16)21-13-6-2-1-3-7-13/h1-9,16,24H,10-12H2,(H,22,25). The third-order valence-electron chi connectivity index (χ3n) is 3.84. The van der Waals surface area contributed by atoms with Crippen LogP contribution in [0, 0.1) is 5.82 Å². The largest absolute Gasteiger partial charge is 0.395 e. The number of aliphatic hydroxyl groups excluding tert-OH is 1. The lowest BCUT2D eigenvalue weighted by molar-refractivity contribution is -0.128. The first kappa shape index (κ1) is 19.1. The highest BCUT2D eigenvalue weighted by Crippen LogP contribution is 2.31. The van der Waals surface area contributed by atoms with Gasteiger partial charge in [0.1, 0.15) is 11.1 Å². The quantitative estimate of drug-likeness (QED) is 0.799. The number of thioether (sulfide) groups is 1. The van der Waals surface area contributed by atoms with Crippen LogP contribution in [0.3, 0.4) is 0 Å². The number of halogens is 1. The molecule has 0 spiro atoms. The van der Waals surface area contributed by atoms with E-state index in [0.29, 0.717) is 10.9 Å². The molecule has 3 rings (SSSR count). The predicted octanol–water partition coefficient (Wildman–Crippen LogP) is 2.78. The Morgan fingerprint density at radius 2 is 1.89 bits per heavy atom. The molecule has 1 unspecified atom stereocenters. The minimum absolute atomic E-state index is 0.0725. The number of benzene rings is 2. The molecule has 1 atom stereocenters. The van der Waals surface area contributed by atoms with Gasteiger partial charge in [0.15, 0.2) is 5.17 Å². The Bertz CT molecular complexity index is 860. The van der Waals surface area contributed by atoms with Gasteiger partial charge in [-0.3, -0.25) is 14.5 Å². The number of amidine groups is 1. The van der Waals surface area contributed by atoms with Crippen LogP contribution in [-0.4, -0.2) is 45.4 Å². The molecule has 27 heavy (non-hydrogen) atoms. The van der Waals surface area contributed by atoms with Crippen LogP contribution in [0.25, 0.3) is 0 Å². The lowest BCUT2D eigenvalue weighted by Crippen LogP contribution is -2.35. The van der Waals surface area contributed by atoms with Gasteiger partial charge in [0.2, 0.25) is 11.8 Å². The minimum atomic E-state index is -0.675. The molecular weight excluding hydrogens is 369 g/mol. The van der Waals surface area contributed by atoms with Crippen LogP contribution < -0.4 is 5.32 Å². The summed E-state index contributed by atoms with van der Waals surface area (Å²) in [5, 5.41) is 11.5. The van der Waals surface area contributed by atoms with E-state index < -0.39 is 17.0 Å². The zero-order chi connectivity index (χ0) is 19.2. The van der Waals surface area contributed by atoms with Gasteiger partial charge in [-0.2, -0.15) is 0 Å². The van der Waals surface area contributed by atoms with Gasteiger partial charge in [-0.25, -0.2) is 9.38 Å². The van der Waals surface area contributed by atoms with Crippen molar-refractivity contribution >= 4 is 40.1 Å². The number of para-hydroxylation sites is 2. The Kier molecular flexibility index (Phi) is 6.20. The van der Waals surface area contributed by atoms with Gasteiger partial charge in [-0.15, -0.1) is 0 Å². The molecule has 0 saturated carbocycles. The number of β-amino-alcohol motifs (C(OH)–C–C–N with tert-alkyl or cyclic N) is 1. The van der Waals surface area contributed by atoms with Crippen LogP contribution in [0.4, 0.5) is 15.8 Å². The highest BCUT2D eigenvalue weighted by molar-refractivity contribution is 8.15. The maximum atomic E-state index is 13.7. The zero-order valence-corrected chi connectivity index (χ0v) is 15.2. The summed E-state index contributed by atoms with van der Waals surface area (Å²) in [5.74, 6) is -1.30. The molecule has 6 nitrogen and oxygen atoms in total. The lowest BCUT2D eigenvalue weighted by Gasteiger charge is -2.14. The van der Waals surface area contributed by atoms with Crippen molar-refractivity contribution in [3.05, 3.63) is 60.4 Å². The van der Waals surface area contributed by atoms with Gasteiger partial charge in [0, 0.05) is 6.42 Å². The number of hydrogen-bond acceptors (Lipinski definition) is 5. The molecule has 0 aromatic heterocycles. The number of amides is 2. The maximum absolute atomic E-state index is 13.7. The van der Waals surface area contributed by atoms with Gasteiger partial charge in [0.25, 0.3) is 0 Å². The molecule has 2 amide bonds. The number of rotatable bonds is 6. The van der Waals surface area contributed by atoms with Gasteiger partial charge in [-0.1, -0.05) is 42.1 Å². The molecule has 0 aliphatic carbocycles. The monoisotopic (exact) mass is 387 g/mol. The van der Waals surface area contributed by atoms with Crippen molar-refractivity contribution < 1.29 is 19.1 Å². The summed E-state index contributed by atoms with van der Waals surface area (Å²) in [7, 11) is 0. The van der Waals surface area contributed by atoms with Gasteiger partial charge in [0.05, 0.1) is 24.5 Å². The Balaban J connectivity index is 1.72. The number of anilines is 1. The Labute approximate surface area is 160 Å². The van der Waals surface area contributed by atoms with E-state index in [9.17, 15) is 19.1 Å². The van der Waals surface area contributed by atoms with Crippen LogP contribution in [0.5, 0.6) is 0 Å². The third kappa shape index (κ3) is 4.72. The summed E-state index contributed by atoms with van der Waals surface area (Å²) in [5.41, 5.74) is 0.746. The van der Waals surface area contributed by atoms with Crippen molar-refractivity contribution in [2.45, 2.75) is 11.7 Å². The number of aliphatic hydroxyl groups is 1. The van der Waals surface area contributed by atoms with E-state index in [1.165, 1.54) is 34.9 Å². The molecule has 0 bridgehead atoms. The first-order chi connectivity index (χ1) is 13.1. The number of hydrogen-bond donors (Lipinski definition) is 2. The van der Waals surface area contributed by atoms with Crippen molar-refractivity contribution in [1.29, 1.82) is 0 Å². The lowest BCUT2D eigenvalue weighted by atomic mass is 10.2. The SMILES string of the molecule is O=C(CC1SC(=Nc2ccccc2)N(CCO)C1=O)Nc1ccccc1F. The topological polar surface area (TPSA) is 82.0 Å². The van der Waals surface area contributed by atoms with Crippen LogP contribution >= 0.6 is 11.8 Å². The Hall–Kier alpha value is -2.71. The molecule has 1 saturated heterocycles. The van der Waals surface area contributed by atoms with E-state index >= 15 is 0 Å². The molecule has 8 heteroatoms. The molecule has 2 N–H and O–H groups in total. The van der Waals surface area contributed by atoms with E-state index in [0.717, 1.165) is 0 Å². The molecule has 2 aromatic rings. The fourth-order valence-electron chi connectivity index (χ4n) is 2.58. The Morgan fingerprint density at radius 1 is 1.19 bits per heavy atom. The summed E-state index contributed by atoms with van der Waals surface area (Å²) in [6.45, 7) is -0.114. The normalized spacial score (nSPS) is 18.1. The van der Waals surface area contributed by atoms with Crippen molar-refractivity contribution in [2.24, 2.45) is 4.99 Å². The predicted molar refractivity (Wildman–Crippen MR) is 103 cm³/mol. The zero-order valence-electron chi connectivity index (χ0n) is 14.3. The van der Waals surface area contributed by atoms with E-state index in [4.69, 9.17) is 0 Å². The summed E-state index contributed by atoms with van der Waals surface area (Å²) in [6.07, 6.45) is -0.117. The van der Waals surface area contributed by atoms with E-state index in [-0.39, 0.29) is 31.2 Å². The van der Waals surface area contributed by atoms with E-state index in [2.05, 4.69) is 10.3 Å². The molecule has 0 radical (unpaired) electrons. The summed E-state index contributed by atoms with van der Waals surface area (Å²) in [6, 6.07) is 15.0. The molecule has 1 fully saturated rings. The fourth-order valence-corrected chi connectivity index (χ4v) is 3.76.